The molecule has 0 unspecified atom stereocenters. The third-order valence-electron chi connectivity index (χ3n) is 4.20. The van der Waals surface area contributed by atoms with Gasteiger partial charge in [0.25, 0.3) is 11.8 Å². The Morgan fingerprint density at radius 2 is 2.20 bits per heavy atom. The van der Waals surface area contributed by atoms with Crippen molar-refractivity contribution < 1.29 is 9.59 Å². The van der Waals surface area contributed by atoms with E-state index in [0.717, 1.165) is 36.2 Å². The van der Waals surface area contributed by atoms with Gasteiger partial charge in [-0.25, -0.2) is 9.97 Å². The molecule has 0 fully saturated rings. The molecule has 25 heavy (non-hydrogen) atoms. The average molecular weight is 359 g/mol. The van der Waals surface area contributed by atoms with E-state index in [-0.39, 0.29) is 18.4 Å². The summed E-state index contributed by atoms with van der Waals surface area (Å²) >= 11 is 1.46. The fourth-order valence-electron chi connectivity index (χ4n) is 2.85. The molecule has 3 heterocycles. The SMILES string of the molecule is CCc1sc(C(=O)NNC(=O)CN2CCc3cncnc3C2)cc1C. The number of hydrogen-bond acceptors (Lipinski definition) is 6. The van der Waals surface area contributed by atoms with E-state index in [0.29, 0.717) is 11.4 Å². The standard InChI is InChI=1S/C17H21N5O2S/c1-3-14-11(2)6-15(25-14)17(24)21-20-16(23)9-22-5-4-12-7-18-10-19-13(12)8-22/h6-7,10H,3-5,8-9H2,1-2H3,(H,20,23)(H,21,24). The Morgan fingerprint density at radius 1 is 1.36 bits per heavy atom. The van der Waals surface area contributed by atoms with Crippen molar-refractivity contribution in [1.82, 2.24) is 25.7 Å². The van der Waals surface area contributed by atoms with Gasteiger partial charge < -0.3 is 0 Å². The topological polar surface area (TPSA) is 87.2 Å². The van der Waals surface area contributed by atoms with Crippen molar-refractivity contribution in [1.29, 1.82) is 0 Å². The van der Waals surface area contributed by atoms with Crippen molar-refractivity contribution >= 4 is 23.2 Å². The Morgan fingerprint density at radius 3 is 2.96 bits per heavy atom. The molecule has 8 heteroatoms. The van der Waals surface area contributed by atoms with Crippen LogP contribution in [-0.2, 0) is 24.2 Å². The highest BCUT2D eigenvalue weighted by Crippen LogP contribution is 2.22. The highest BCUT2D eigenvalue weighted by molar-refractivity contribution is 7.14. The number of carbonyl (C=O) groups is 2. The number of fused-ring (bicyclic) bond motifs is 1. The van der Waals surface area contributed by atoms with Crippen molar-refractivity contribution in [3.05, 3.63) is 45.2 Å². The Bertz CT molecular complexity index is 789. The number of hydrogen-bond donors (Lipinski definition) is 2. The second-order valence-electron chi connectivity index (χ2n) is 6.03. The molecule has 2 aromatic rings. The van der Waals surface area contributed by atoms with E-state index in [1.807, 2.05) is 24.1 Å². The zero-order chi connectivity index (χ0) is 17.8. The first kappa shape index (κ1) is 17.5. The summed E-state index contributed by atoms with van der Waals surface area (Å²) in [5.41, 5.74) is 8.18. The third-order valence-corrected chi connectivity index (χ3v) is 5.58. The van der Waals surface area contributed by atoms with Crippen LogP contribution in [0, 0.1) is 6.92 Å². The maximum absolute atomic E-state index is 12.1. The van der Waals surface area contributed by atoms with E-state index >= 15 is 0 Å². The molecule has 0 spiro atoms. The van der Waals surface area contributed by atoms with Gasteiger partial charge in [0.1, 0.15) is 6.33 Å². The summed E-state index contributed by atoms with van der Waals surface area (Å²) in [6.45, 7) is 5.65. The van der Waals surface area contributed by atoms with E-state index in [2.05, 4.69) is 27.7 Å². The first-order valence-electron chi connectivity index (χ1n) is 8.25. The monoisotopic (exact) mass is 359 g/mol. The summed E-state index contributed by atoms with van der Waals surface area (Å²) in [5, 5.41) is 0. The van der Waals surface area contributed by atoms with Crippen molar-refractivity contribution in [3.63, 3.8) is 0 Å². The lowest BCUT2D eigenvalue weighted by atomic mass is 10.1. The van der Waals surface area contributed by atoms with Gasteiger partial charge in [-0.1, -0.05) is 6.92 Å². The summed E-state index contributed by atoms with van der Waals surface area (Å²) in [4.78, 5) is 36.3. The van der Waals surface area contributed by atoms with E-state index in [9.17, 15) is 9.59 Å². The summed E-state index contributed by atoms with van der Waals surface area (Å²) < 4.78 is 0. The van der Waals surface area contributed by atoms with Gasteiger partial charge >= 0.3 is 0 Å². The largest absolute Gasteiger partial charge is 0.288 e. The zero-order valence-corrected chi connectivity index (χ0v) is 15.2. The number of thiophene rings is 1. The first-order chi connectivity index (χ1) is 12.1. The van der Waals surface area contributed by atoms with Crippen LogP contribution in [-0.4, -0.2) is 39.8 Å². The minimum absolute atomic E-state index is 0.216. The predicted octanol–water partition coefficient (Wildman–Crippen LogP) is 1.23. The van der Waals surface area contributed by atoms with Gasteiger partial charge in [-0.05, 0) is 37.0 Å². The number of aromatic nitrogens is 2. The van der Waals surface area contributed by atoms with Gasteiger partial charge in [0, 0.05) is 24.2 Å². The van der Waals surface area contributed by atoms with Gasteiger partial charge in [0.15, 0.2) is 0 Å². The molecule has 2 N–H and O–H groups in total. The normalized spacial score (nSPS) is 14.0. The molecule has 132 valence electrons. The van der Waals surface area contributed by atoms with E-state index in [1.165, 1.54) is 22.5 Å². The van der Waals surface area contributed by atoms with Crippen molar-refractivity contribution in [2.24, 2.45) is 0 Å². The molecule has 7 nitrogen and oxygen atoms in total. The third kappa shape index (κ3) is 4.21. The van der Waals surface area contributed by atoms with Crippen LogP contribution in [0.15, 0.2) is 18.6 Å². The number of aryl methyl sites for hydroxylation is 2. The predicted molar refractivity (Wildman–Crippen MR) is 95.1 cm³/mol. The quantitative estimate of drug-likeness (QED) is 0.802. The fourth-order valence-corrected chi connectivity index (χ4v) is 3.86. The lowest BCUT2D eigenvalue weighted by Gasteiger charge is -2.26. The second kappa shape index (κ2) is 7.71. The number of nitrogens with zero attached hydrogens (tertiary/aromatic N) is 3. The molecule has 0 bridgehead atoms. The Balaban J connectivity index is 1.49. The van der Waals surface area contributed by atoms with Crippen LogP contribution in [0.3, 0.4) is 0 Å². The molecule has 0 radical (unpaired) electrons. The number of amides is 2. The number of hydrazine groups is 1. The number of rotatable bonds is 4. The van der Waals surface area contributed by atoms with Crippen LogP contribution in [0.4, 0.5) is 0 Å². The molecule has 2 aromatic heterocycles. The highest BCUT2D eigenvalue weighted by atomic mass is 32.1. The highest BCUT2D eigenvalue weighted by Gasteiger charge is 2.20. The Kier molecular flexibility index (Phi) is 5.40. The lowest BCUT2D eigenvalue weighted by Crippen LogP contribution is -2.47. The smallest absolute Gasteiger partial charge is 0.279 e. The molecular weight excluding hydrogens is 338 g/mol. The summed E-state index contributed by atoms with van der Waals surface area (Å²) in [7, 11) is 0. The molecule has 1 aliphatic rings. The lowest BCUT2D eigenvalue weighted by molar-refractivity contribution is -0.123. The summed E-state index contributed by atoms with van der Waals surface area (Å²) in [6, 6.07) is 1.85. The Hall–Kier alpha value is -2.32. The fraction of sp³-hybridized carbons (Fsp3) is 0.412. The molecule has 2 amide bonds. The molecule has 0 aliphatic carbocycles. The first-order valence-corrected chi connectivity index (χ1v) is 9.07. The van der Waals surface area contributed by atoms with Crippen LogP contribution in [0.5, 0.6) is 0 Å². The summed E-state index contributed by atoms with van der Waals surface area (Å²) in [5.74, 6) is -0.521. The van der Waals surface area contributed by atoms with Gasteiger partial charge in [-0.15, -0.1) is 11.3 Å². The number of carbonyl (C=O) groups excluding carboxylic acids is 2. The molecule has 0 saturated heterocycles. The maximum atomic E-state index is 12.1. The van der Waals surface area contributed by atoms with E-state index < -0.39 is 0 Å². The minimum atomic E-state index is -0.280. The molecule has 0 saturated carbocycles. The molecule has 3 rings (SSSR count). The average Bonchev–Trinajstić information content (AvgIpc) is 3.00. The van der Waals surface area contributed by atoms with Crippen LogP contribution in [0.1, 0.15) is 38.3 Å². The molecule has 0 aromatic carbocycles. The zero-order valence-electron chi connectivity index (χ0n) is 14.3. The summed E-state index contributed by atoms with van der Waals surface area (Å²) in [6.07, 6.45) is 5.07. The molecule has 0 atom stereocenters. The van der Waals surface area contributed by atoms with Crippen LogP contribution >= 0.6 is 11.3 Å². The molecule has 1 aliphatic heterocycles. The molecular formula is C17H21N5O2S. The van der Waals surface area contributed by atoms with Crippen molar-refractivity contribution in [2.75, 3.05) is 13.1 Å². The van der Waals surface area contributed by atoms with E-state index in [4.69, 9.17) is 0 Å². The van der Waals surface area contributed by atoms with Crippen molar-refractivity contribution in [2.45, 2.75) is 33.2 Å². The van der Waals surface area contributed by atoms with Gasteiger partial charge in [-0.2, -0.15) is 0 Å². The van der Waals surface area contributed by atoms with Crippen LogP contribution in [0.25, 0.3) is 0 Å². The van der Waals surface area contributed by atoms with Gasteiger partial charge in [0.2, 0.25) is 0 Å². The van der Waals surface area contributed by atoms with Crippen LogP contribution < -0.4 is 10.9 Å². The van der Waals surface area contributed by atoms with Gasteiger partial charge in [0.05, 0.1) is 17.1 Å². The van der Waals surface area contributed by atoms with E-state index in [1.54, 1.807) is 0 Å². The van der Waals surface area contributed by atoms with Crippen LogP contribution in [0.2, 0.25) is 0 Å². The second-order valence-corrected chi connectivity index (χ2v) is 7.16. The maximum Gasteiger partial charge on any atom is 0.279 e. The Labute approximate surface area is 150 Å². The number of nitrogens with one attached hydrogen (secondary N) is 2. The minimum Gasteiger partial charge on any atom is -0.288 e. The van der Waals surface area contributed by atoms with Gasteiger partial charge in [-0.3, -0.25) is 25.3 Å². The van der Waals surface area contributed by atoms with Crippen molar-refractivity contribution in [3.8, 4) is 0 Å².